The first-order valence-corrected chi connectivity index (χ1v) is 10.2. The molecule has 0 radical (unpaired) electrons. The molecule has 0 saturated carbocycles. The lowest BCUT2D eigenvalue weighted by atomic mass is 10.1. The molecule has 1 fully saturated rings. The van der Waals surface area contributed by atoms with Crippen molar-refractivity contribution in [2.24, 2.45) is 0 Å². The quantitative estimate of drug-likeness (QED) is 0.727. The van der Waals surface area contributed by atoms with Gasteiger partial charge in [0.15, 0.2) is 0 Å². The molecule has 1 unspecified atom stereocenters. The van der Waals surface area contributed by atoms with Crippen LogP contribution in [0.3, 0.4) is 0 Å². The molecule has 8 heteroatoms. The molecule has 1 aliphatic heterocycles. The maximum atomic E-state index is 12.8. The molecule has 2 aromatic carbocycles. The zero-order chi connectivity index (χ0) is 22.6. The van der Waals surface area contributed by atoms with Gasteiger partial charge in [-0.25, -0.2) is 0 Å². The molecule has 0 aromatic heterocycles. The average molecular weight is 434 g/mol. The van der Waals surface area contributed by atoms with E-state index in [-0.39, 0.29) is 36.1 Å². The van der Waals surface area contributed by atoms with Gasteiger partial charge in [0.05, 0.1) is 11.6 Å². The van der Waals surface area contributed by atoms with Gasteiger partial charge in [0.1, 0.15) is 12.4 Å². The predicted molar refractivity (Wildman–Crippen MR) is 110 cm³/mol. The summed E-state index contributed by atoms with van der Waals surface area (Å²) in [6.45, 7) is 4.56. The Bertz CT molecular complexity index is 909. The first-order chi connectivity index (χ1) is 14.6. The number of nitrogens with zero attached hydrogens (tertiary/aromatic N) is 1. The molecule has 166 valence electrons. The summed E-state index contributed by atoms with van der Waals surface area (Å²) in [6, 6.07) is 10.9. The highest BCUT2D eigenvalue weighted by Crippen LogP contribution is 2.30. The summed E-state index contributed by atoms with van der Waals surface area (Å²) < 4.78 is 44.0. The number of carbonyl (C=O) groups is 2. The Balaban J connectivity index is 1.59. The van der Waals surface area contributed by atoms with E-state index in [1.165, 1.54) is 12.1 Å². The standard InChI is InChI=1S/C23H25F3N2O3/c1-15(2)27-21(29)16-7-11-20(12-8-16)31-14-19-4-3-13-28(19)22(30)17-5-9-18(10-6-17)23(24,25)26/h5-12,15,19H,3-4,13-14H2,1-2H3,(H,27,29). The van der Waals surface area contributed by atoms with E-state index in [0.29, 0.717) is 17.9 Å². The van der Waals surface area contributed by atoms with Crippen LogP contribution in [0.15, 0.2) is 48.5 Å². The minimum atomic E-state index is -4.43. The number of benzene rings is 2. The van der Waals surface area contributed by atoms with E-state index in [1.807, 2.05) is 13.8 Å². The fourth-order valence-electron chi connectivity index (χ4n) is 3.48. The number of likely N-dealkylation sites (tertiary alicyclic amines) is 1. The van der Waals surface area contributed by atoms with Gasteiger partial charge in [0, 0.05) is 23.7 Å². The summed E-state index contributed by atoms with van der Waals surface area (Å²) in [7, 11) is 0. The third-order valence-corrected chi connectivity index (χ3v) is 5.08. The van der Waals surface area contributed by atoms with Crippen LogP contribution in [0.25, 0.3) is 0 Å². The van der Waals surface area contributed by atoms with Gasteiger partial charge in [-0.15, -0.1) is 0 Å². The van der Waals surface area contributed by atoms with Crippen molar-refractivity contribution >= 4 is 11.8 Å². The average Bonchev–Trinajstić information content (AvgIpc) is 3.19. The second kappa shape index (κ2) is 9.41. The molecule has 1 aliphatic rings. The zero-order valence-electron chi connectivity index (χ0n) is 17.4. The highest BCUT2D eigenvalue weighted by atomic mass is 19.4. The molecule has 1 heterocycles. The van der Waals surface area contributed by atoms with Crippen molar-refractivity contribution in [2.45, 2.75) is 44.9 Å². The van der Waals surface area contributed by atoms with Crippen LogP contribution in [-0.4, -0.2) is 41.9 Å². The summed E-state index contributed by atoms with van der Waals surface area (Å²) >= 11 is 0. The Morgan fingerprint density at radius 3 is 2.26 bits per heavy atom. The predicted octanol–water partition coefficient (Wildman–Crippen LogP) is 4.53. The van der Waals surface area contributed by atoms with Gasteiger partial charge in [-0.05, 0) is 75.2 Å². The van der Waals surface area contributed by atoms with Crippen molar-refractivity contribution in [1.82, 2.24) is 10.2 Å². The zero-order valence-corrected chi connectivity index (χ0v) is 17.4. The smallest absolute Gasteiger partial charge is 0.416 e. The monoisotopic (exact) mass is 434 g/mol. The van der Waals surface area contributed by atoms with Crippen molar-refractivity contribution in [3.63, 3.8) is 0 Å². The van der Waals surface area contributed by atoms with Gasteiger partial charge in [0.25, 0.3) is 11.8 Å². The molecule has 1 N–H and O–H groups in total. The van der Waals surface area contributed by atoms with E-state index in [4.69, 9.17) is 4.74 Å². The Morgan fingerprint density at radius 2 is 1.68 bits per heavy atom. The Labute approximate surface area is 179 Å². The van der Waals surface area contributed by atoms with E-state index >= 15 is 0 Å². The molecule has 2 amide bonds. The van der Waals surface area contributed by atoms with Crippen LogP contribution < -0.4 is 10.1 Å². The van der Waals surface area contributed by atoms with Gasteiger partial charge in [-0.3, -0.25) is 9.59 Å². The minimum absolute atomic E-state index is 0.0407. The molecule has 0 aliphatic carbocycles. The van der Waals surface area contributed by atoms with Crippen molar-refractivity contribution in [3.8, 4) is 5.75 Å². The van der Waals surface area contributed by atoms with Gasteiger partial charge < -0.3 is 15.0 Å². The number of hydrogen-bond donors (Lipinski definition) is 1. The molecule has 0 spiro atoms. The maximum Gasteiger partial charge on any atom is 0.416 e. The van der Waals surface area contributed by atoms with Crippen LogP contribution in [0.5, 0.6) is 5.75 Å². The van der Waals surface area contributed by atoms with E-state index < -0.39 is 11.7 Å². The number of ether oxygens (including phenoxy) is 1. The molecule has 0 bridgehead atoms. The summed E-state index contributed by atoms with van der Waals surface area (Å²) in [6.07, 6.45) is -2.88. The lowest BCUT2D eigenvalue weighted by Gasteiger charge is -2.25. The van der Waals surface area contributed by atoms with Gasteiger partial charge >= 0.3 is 6.18 Å². The van der Waals surface area contributed by atoms with E-state index in [1.54, 1.807) is 29.2 Å². The SMILES string of the molecule is CC(C)NC(=O)c1ccc(OCC2CCCN2C(=O)c2ccc(C(F)(F)F)cc2)cc1. The summed E-state index contributed by atoms with van der Waals surface area (Å²) in [5.74, 6) is 0.112. The first-order valence-electron chi connectivity index (χ1n) is 10.2. The second-order valence-corrected chi connectivity index (χ2v) is 7.83. The van der Waals surface area contributed by atoms with Crippen LogP contribution in [0, 0.1) is 0 Å². The Hall–Kier alpha value is -3.03. The summed E-state index contributed by atoms with van der Waals surface area (Å²) in [5, 5.41) is 2.81. The number of amides is 2. The molecule has 1 saturated heterocycles. The van der Waals surface area contributed by atoms with Crippen molar-refractivity contribution < 1.29 is 27.5 Å². The molecule has 2 aromatic rings. The van der Waals surface area contributed by atoms with Crippen molar-refractivity contribution in [1.29, 1.82) is 0 Å². The summed E-state index contributed by atoms with van der Waals surface area (Å²) in [5.41, 5.74) is -0.0303. The molecule has 5 nitrogen and oxygen atoms in total. The lowest BCUT2D eigenvalue weighted by Crippen LogP contribution is -2.39. The summed E-state index contributed by atoms with van der Waals surface area (Å²) in [4.78, 5) is 26.4. The van der Waals surface area contributed by atoms with Gasteiger partial charge in [-0.2, -0.15) is 13.2 Å². The number of halogens is 3. The normalized spacial score (nSPS) is 16.5. The maximum absolute atomic E-state index is 12.8. The number of nitrogens with one attached hydrogen (secondary N) is 1. The van der Waals surface area contributed by atoms with Crippen LogP contribution >= 0.6 is 0 Å². The highest BCUT2D eigenvalue weighted by molar-refractivity contribution is 5.95. The number of hydrogen-bond acceptors (Lipinski definition) is 3. The first kappa shape index (κ1) is 22.7. The van der Waals surface area contributed by atoms with Crippen LogP contribution in [0.2, 0.25) is 0 Å². The minimum Gasteiger partial charge on any atom is -0.491 e. The van der Waals surface area contributed by atoms with Gasteiger partial charge in [0.2, 0.25) is 0 Å². The largest absolute Gasteiger partial charge is 0.491 e. The second-order valence-electron chi connectivity index (χ2n) is 7.83. The lowest BCUT2D eigenvalue weighted by molar-refractivity contribution is -0.137. The molecule has 31 heavy (non-hydrogen) atoms. The van der Waals surface area contributed by atoms with Crippen LogP contribution in [0.1, 0.15) is 53.0 Å². The van der Waals surface area contributed by atoms with Crippen molar-refractivity contribution in [3.05, 3.63) is 65.2 Å². The van der Waals surface area contributed by atoms with Crippen LogP contribution in [0.4, 0.5) is 13.2 Å². The van der Waals surface area contributed by atoms with Crippen LogP contribution in [-0.2, 0) is 6.18 Å². The van der Waals surface area contributed by atoms with E-state index in [2.05, 4.69) is 5.32 Å². The molecular formula is C23H25F3N2O3. The molecular weight excluding hydrogens is 409 g/mol. The Kier molecular flexibility index (Phi) is 6.87. The third kappa shape index (κ3) is 5.77. The Morgan fingerprint density at radius 1 is 1.06 bits per heavy atom. The highest BCUT2D eigenvalue weighted by Gasteiger charge is 2.32. The number of alkyl halides is 3. The van der Waals surface area contributed by atoms with E-state index in [0.717, 1.165) is 25.0 Å². The topological polar surface area (TPSA) is 58.6 Å². The van der Waals surface area contributed by atoms with Gasteiger partial charge in [-0.1, -0.05) is 0 Å². The molecule has 1 atom stereocenters. The van der Waals surface area contributed by atoms with E-state index in [9.17, 15) is 22.8 Å². The van der Waals surface area contributed by atoms with Crippen molar-refractivity contribution in [2.75, 3.05) is 13.2 Å². The third-order valence-electron chi connectivity index (χ3n) is 5.08. The fourth-order valence-corrected chi connectivity index (χ4v) is 3.48. The number of rotatable bonds is 6. The molecule has 3 rings (SSSR count). The number of carbonyl (C=O) groups excluding carboxylic acids is 2. The fraction of sp³-hybridized carbons (Fsp3) is 0.391.